The van der Waals surface area contributed by atoms with Gasteiger partial charge in [-0.15, -0.1) is 0 Å². The summed E-state index contributed by atoms with van der Waals surface area (Å²) in [5.41, 5.74) is 0. The minimum absolute atomic E-state index is 0.191. The van der Waals surface area contributed by atoms with Gasteiger partial charge in [-0.25, -0.2) is 0 Å². The lowest BCUT2D eigenvalue weighted by Crippen LogP contribution is -2.35. The van der Waals surface area contributed by atoms with Crippen LogP contribution in [0, 0.1) is 5.92 Å². The third-order valence-corrected chi connectivity index (χ3v) is 2.71. The number of hydrogen-bond donors (Lipinski definition) is 1. The SMILES string of the molecule is CN1[C@H](C(=O)O)CC2C[C@@H]21. The number of nitrogens with zero attached hydrogens (tertiary/aromatic N) is 1. The number of likely N-dealkylation sites (N-methyl/N-ethyl adjacent to an activating group) is 1. The predicted molar refractivity (Wildman–Crippen MR) is 35.7 cm³/mol. The van der Waals surface area contributed by atoms with Crippen molar-refractivity contribution in [2.75, 3.05) is 7.05 Å². The van der Waals surface area contributed by atoms with Crippen molar-refractivity contribution in [3.8, 4) is 0 Å². The number of rotatable bonds is 1. The van der Waals surface area contributed by atoms with E-state index in [9.17, 15) is 4.79 Å². The van der Waals surface area contributed by atoms with Crippen molar-refractivity contribution in [2.45, 2.75) is 24.9 Å². The second kappa shape index (κ2) is 1.72. The molecular formula is C7H11NO2. The van der Waals surface area contributed by atoms with Crippen LogP contribution >= 0.6 is 0 Å². The molecule has 0 radical (unpaired) electrons. The maximum Gasteiger partial charge on any atom is 0.320 e. The summed E-state index contributed by atoms with van der Waals surface area (Å²) in [6.07, 6.45) is 2.09. The first kappa shape index (κ1) is 6.16. The van der Waals surface area contributed by atoms with Gasteiger partial charge in [-0.2, -0.15) is 0 Å². The first-order valence-corrected chi connectivity index (χ1v) is 3.65. The molecule has 0 spiro atoms. The fraction of sp³-hybridized carbons (Fsp3) is 0.857. The van der Waals surface area contributed by atoms with Crippen LogP contribution in [-0.4, -0.2) is 35.1 Å². The molecule has 0 aromatic heterocycles. The molecule has 1 N–H and O–H groups in total. The highest BCUT2D eigenvalue weighted by molar-refractivity contribution is 5.74. The van der Waals surface area contributed by atoms with Crippen LogP contribution in [0.1, 0.15) is 12.8 Å². The summed E-state index contributed by atoms with van der Waals surface area (Å²) < 4.78 is 0. The van der Waals surface area contributed by atoms with E-state index in [1.165, 1.54) is 6.42 Å². The molecule has 3 nitrogen and oxygen atoms in total. The molecule has 0 aromatic rings. The van der Waals surface area contributed by atoms with Crippen molar-refractivity contribution in [2.24, 2.45) is 5.92 Å². The Morgan fingerprint density at radius 1 is 1.60 bits per heavy atom. The first-order valence-electron chi connectivity index (χ1n) is 3.65. The second-order valence-corrected chi connectivity index (χ2v) is 3.32. The van der Waals surface area contributed by atoms with Gasteiger partial charge in [-0.05, 0) is 25.8 Å². The van der Waals surface area contributed by atoms with Crippen molar-refractivity contribution in [1.29, 1.82) is 0 Å². The summed E-state index contributed by atoms with van der Waals surface area (Å²) in [6, 6.07) is 0.407. The molecule has 0 amide bonds. The maximum atomic E-state index is 10.5. The molecule has 3 atom stereocenters. The lowest BCUT2D eigenvalue weighted by molar-refractivity contribution is -0.142. The number of hydrogen-bond acceptors (Lipinski definition) is 2. The number of carboxylic acids is 1. The quantitative estimate of drug-likeness (QED) is 0.565. The molecule has 0 bridgehead atoms. The summed E-state index contributed by atoms with van der Waals surface area (Å²) in [5.74, 6) is 0.0424. The average Bonchev–Trinajstić information content (AvgIpc) is 2.54. The van der Waals surface area contributed by atoms with E-state index in [1.807, 2.05) is 11.9 Å². The molecule has 1 aliphatic heterocycles. The van der Waals surface area contributed by atoms with Gasteiger partial charge in [0.25, 0.3) is 0 Å². The van der Waals surface area contributed by atoms with Gasteiger partial charge in [-0.3, -0.25) is 9.69 Å². The van der Waals surface area contributed by atoms with Crippen molar-refractivity contribution in [3.63, 3.8) is 0 Å². The minimum Gasteiger partial charge on any atom is -0.480 e. The van der Waals surface area contributed by atoms with Gasteiger partial charge < -0.3 is 5.11 Å². The van der Waals surface area contributed by atoms with Crippen molar-refractivity contribution in [3.05, 3.63) is 0 Å². The lowest BCUT2D eigenvalue weighted by Gasteiger charge is -2.17. The molecule has 56 valence electrons. The molecule has 10 heavy (non-hydrogen) atoms. The highest BCUT2D eigenvalue weighted by Gasteiger charge is 2.52. The summed E-state index contributed by atoms with van der Waals surface area (Å²) in [4.78, 5) is 12.5. The topological polar surface area (TPSA) is 40.5 Å². The van der Waals surface area contributed by atoms with Gasteiger partial charge in [0, 0.05) is 6.04 Å². The Balaban J connectivity index is 2.07. The average molecular weight is 141 g/mol. The van der Waals surface area contributed by atoms with Gasteiger partial charge in [0.1, 0.15) is 6.04 Å². The van der Waals surface area contributed by atoms with E-state index in [1.54, 1.807) is 0 Å². The molecule has 2 rings (SSSR count). The van der Waals surface area contributed by atoms with E-state index in [0.717, 1.165) is 6.42 Å². The number of fused-ring (bicyclic) bond motifs is 1. The zero-order valence-electron chi connectivity index (χ0n) is 5.95. The summed E-state index contributed by atoms with van der Waals surface area (Å²) in [5, 5.41) is 8.68. The highest BCUT2D eigenvalue weighted by Crippen LogP contribution is 2.46. The fourth-order valence-electron chi connectivity index (χ4n) is 1.94. The van der Waals surface area contributed by atoms with Crippen LogP contribution in [0.15, 0.2) is 0 Å². The Morgan fingerprint density at radius 2 is 2.30 bits per heavy atom. The fourth-order valence-corrected chi connectivity index (χ4v) is 1.94. The monoisotopic (exact) mass is 141 g/mol. The smallest absolute Gasteiger partial charge is 0.320 e. The highest BCUT2D eigenvalue weighted by atomic mass is 16.4. The molecule has 1 aliphatic carbocycles. The second-order valence-electron chi connectivity index (χ2n) is 3.32. The van der Waals surface area contributed by atoms with E-state index in [0.29, 0.717) is 12.0 Å². The van der Waals surface area contributed by atoms with Crippen LogP contribution < -0.4 is 0 Å². The number of carbonyl (C=O) groups is 1. The summed E-state index contributed by atoms with van der Waals surface area (Å²) in [7, 11) is 1.91. The molecule has 0 aromatic carbocycles. The molecule has 1 saturated heterocycles. The van der Waals surface area contributed by atoms with Crippen LogP contribution in [0.3, 0.4) is 0 Å². The van der Waals surface area contributed by atoms with Crippen LogP contribution in [-0.2, 0) is 4.79 Å². The van der Waals surface area contributed by atoms with Crippen LogP contribution in [0.5, 0.6) is 0 Å². The Labute approximate surface area is 59.6 Å². The zero-order valence-corrected chi connectivity index (χ0v) is 5.95. The van der Waals surface area contributed by atoms with E-state index in [4.69, 9.17) is 5.11 Å². The lowest BCUT2D eigenvalue weighted by atomic mass is 10.2. The van der Waals surface area contributed by atoms with E-state index >= 15 is 0 Å². The zero-order chi connectivity index (χ0) is 7.30. The Hall–Kier alpha value is -0.570. The van der Waals surface area contributed by atoms with Crippen molar-refractivity contribution >= 4 is 5.97 Å². The van der Waals surface area contributed by atoms with E-state index < -0.39 is 5.97 Å². The van der Waals surface area contributed by atoms with Crippen LogP contribution in [0.2, 0.25) is 0 Å². The molecule has 2 aliphatic rings. The number of carboxylic acid groups (broad SMARTS) is 1. The van der Waals surface area contributed by atoms with Crippen molar-refractivity contribution < 1.29 is 9.90 Å². The van der Waals surface area contributed by atoms with Gasteiger partial charge in [0.2, 0.25) is 0 Å². The Bertz CT molecular complexity index is 180. The van der Waals surface area contributed by atoms with Gasteiger partial charge in [0.05, 0.1) is 0 Å². The standard InChI is InChI=1S/C7H11NO2/c1-8-5-2-4(5)3-6(8)7(9)10/h4-6H,2-3H2,1H3,(H,9,10)/t4?,5-,6-/m0/s1. The molecule has 2 fully saturated rings. The molecule has 1 unspecified atom stereocenters. The maximum absolute atomic E-state index is 10.5. The van der Waals surface area contributed by atoms with E-state index in [-0.39, 0.29) is 6.04 Å². The van der Waals surface area contributed by atoms with Gasteiger partial charge in [-0.1, -0.05) is 0 Å². The molecule has 1 saturated carbocycles. The largest absolute Gasteiger partial charge is 0.480 e. The Kier molecular flexibility index (Phi) is 1.06. The Morgan fingerprint density at radius 3 is 2.60 bits per heavy atom. The summed E-state index contributed by atoms with van der Waals surface area (Å²) in [6.45, 7) is 0. The third-order valence-electron chi connectivity index (χ3n) is 2.71. The minimum atomic E-state index is -0.658. The first-order chi connectivity index (χ1) is 4.70. The molecular weight excluding hydrogens is 130 g/mol. The normalized spacial score (nSPS) is 45.1. The molecule has 3 heteroatoms. The van der Waals surface area contributed by atoms with Crippen LogP contribution in [0.25, 0.3) is 0 Å². The third kappa shape index (κ3) is 0.669. The summed E-state index contributed by atoms with van der Waals surface area (Å²) >= 11 is 0. The van der Waals surface area contributed by atoms with E-state index in [2.05, 4.69) is 0 Å². The number of piperidine rings is 1. The van der Waals surface area contributed by atoms with Crippen LogP contribution in [0.4, 0.5) is 0 Å². The number of likely N-dealkylation sites (tertiary alicyclic amines) is 1. The number of aliphatic carboxylic acids is 1. The van der Waals surface area contributed by atoms with Gasteiger partial charge >= 0.3 is 5.97 Å². The molecule has 1 heterocycles. The van der Waals surface area contributed by atoms with Crippen molar-refractivity contribution in [1.82, 2.24) is 4.90 Å². The van der Waals surface area contributed by atoms with Gasteiger partial charge in [0.15, 0.2) is 0 Å². The predicted octanol–water partition coefficient (Wildman–Crippen LogP) is 0.164.